The highest BCUT2D eigenvalue weighted by atomic mass is 15.2. The molecule has 3 heteroatoms. The highest BCUT2D eigenvalue weighted by Crippen LogP contribution is 2.35. The molecule has 0 aromatic carbocycles. The van der Waals surface area contributed by atoms with Gasteiger partial charge in [0.05, 0.1) is 6.04 Å². The third-order valence-corrected chi connectivity index (χ3v) is 2.70. The Labute approximate surface area is 60.4 Å². The minimum atomic E-state index is 0.262. The van der Waals surface area contributed by atoms with Crippen molar-refractivity contribution in [3.8, 4) is 6.19 Å². The zero-order chi connectivity index (χ0) is 7.14. The van der Waals surface area contributed by atoms with Crippen LogP contribution < -0.4 is 5.73 Å². The molecule has 0 aliphatic carbocycles. The number of nitrogens with two attached hydrogens (primary N) is 1. The highest BCUT2D eigenvalue weighted by molar-refractivity contribution is 5.06. The summed E-state index contributed by atoms with van der Waals surface area (Å²) in [7, 11) is 0. The molecule has 2 aliphatic rings. The maximum atomic E-state index is 8.68. The molecule has 3 nitrogen and oxygen atoms in total. The van der Waals surface area contributed by atoms with E-state index in [1.54, 1.807) is 0 Å². The van der Waals surface area contributed by atoms with Crippen molar-refractivity contribution in [1.82, 2.24) is 4.90 Å². The molecule has 2 saturated heterocycles. The van der Waals surface area contributed by atoms with Gasteiger partial charge in [0.1, 0.15) is 0 Å². The van der Waals surface area contributed by atoms with E-state index in [0.717, 1.165) is 12.8 Å². The summed E-state index contributed by atoms with van der Waals surface area (Å²) in [6, 6.07) is 1.11. The molecule has 2 aliphatic heterocycles. The Bertz CT molecular complexity index is 184. The van der Waals surface area contributed by atoms with E-state index in [4.69, 9.17) is 11.0 Å². The van der Waals surface area contributed by atoms with Crippen LogP contribution in [0.4, 0.5) is 0 Å². The molecule has 0 spiro atoms. The minimum Gasteiger partial charge on any atom is -0.326 e. The lowest BCUT2D eigenvalue weighted by Crippen LogP contribution is -2.34. The van der Waals surface area contributed by atoms with Crippen LogP contribution in [0.3, 0.4) is 0 Å². The van der Waals surface area contributed by atoms with Crippen molar-refractivity contribution in [1.29, 1.82) is 5.26 Å². The van der Waals surface area contributed by atoms with E-state index in [2.05, 4.69) is 6.19 Å². The lowest BCUT2D eigenvalue weighted by molar-refractivity contribution is 0.364. The van der Waals surface area contributed by atoms with E-state index in [-0.39, 0.29) is 6.04 Å². The fourth-order valence-electron chi connectivity index (χ4n) is 2.19. The topological polar surface area (TPSA) is 53.0 Å². The Morgan fingerprint density at radius 1 is 1.50 bits per heavy atom. The van der Waals surface area contributed by atoms with Crippen LogP contribution in [0.15, 0.2) is 0 Å². The number of hydrogen-bond donors (Lipinski definition) is 1. The van der Waals surface area contributed by atoms with Gasteiger partial charge >= 0.3 is 0 Å². The molecule has 10 heavy (non-hydrogen) atoms. The zero-order valence-corrected chi connectivity index (χ0v) is 5.83. The monoisotopic (exact) mass is 137 g/mol. The second-order valence-corrected chi connectivity index (χ2v) is 3.21. The van der Waals surface area contributed by atoms with Crippen LogP contribution in [0, 0.1) is 11.5 Å². The van der Waals surface area contributed by atoms with Gasteiger partial charge < -0.3 is 10.6 Å². The molecule has 0 radical (unpaired) electrons. The average Bonchev–Trinajstić information content (AvgIpc) is 2.42. The summed E-state index contributed by atoms with van der Waals surface area (Å²) in [6.45, 7) is 0. The zero-order valence-electron chi connectivity index (χ0n) is 5.83. The van der Waals surface area contributed by atoms with E-state index in [9.17, 15) is 0 Å². The maximum absolute atomic E-state index is 8.68. The van der Waals surface area contributed by atoms with Gasteiger partial charge in [-0.05, 0) is 19.3 Å². The van der Waals surface area contributed by atoms with Gasteiger partial charge in [-0.2, -0.15) is 5.26 Å². The second-order valence-electron chi connectivity index (χ2n) is 3.21. The number of nitrogens with zero attached hydrogens (tertiary/aromatic N) is 2. The minimum absolute atomic E-state index is 0.262. The molecule has 2 N–H and O–H groups in total. The van der Waals surface area contributed by atoms with E-state index in [1.807, 2.05) is 4.90 Å². The first-order valence-corrected chi connectivity index (χ1v) is 3.76. The van der Waals surface area contributed by atoms with Crippen LogP contribution in [-0.2, 0) is 0 Å². The van der Waals surface area contributed by atoms with Gasteiger partial charge in [-0.3, -0.25) is 0 Å². The van der Waals surface area contributed by atoms with Crippen LogP contribution in [-0.4, -0.2) is 23.0 Å². The predicted octanol–water partition coefficient (Wildman–Crippen LogP) is 0.0315. The molecule has 0 aromatic rings. The van der Waals surface area contributed by atoms with Crippen LogP contribution in [0.1, 0.15) is 19.3 Å². The summed E-state index contributed by atoms with van der Waals surface area (Å²) in [5.74, 6) is 0. The van der Waals surface area contributed by atoms with Crippen LogP contribution in [0.5, 0.6) is 0 Å². The van der Waals surface area contributed by atoms with Crippen molar-refractivity contribution in [2.24, 2.45) is 5.73 Å². The SMILES string of the molecule is N#CN1[C@H]2CC[C@@H]1C(N)C2. The Balaban J connectivity index is 2.20. The second kappa shape index (κ2) is 1.86. The summed E-state index contributed by atoms with van der Waals surface area (Å²) in [4.78, 5) is 1.88. The fraction of sp³-hybridized carbons (Fsp3) is 0.857. The number of fused-ring (bicyclic) bond motifs is 2. The quantitative estimate of drug-likeness (QED) is 0.479. The van der Waals surface area contributed by atoms with Crippen LogP contribution in [0.2, 0.25) is 0 Å². The molecule has 54 valence electrons. The summed E-state index contributed by atoms with van der Waals surface area (Å²) in [6.07, 6.45) is 5.53. The Morgan fingerprint density at radius 2 is 2.30 bits per heavy atom. The molecule has 0 saturated carbocycles. The molecule has 2 rings (SSSR count). The van der Waals surface area contributed by atoms with E-state index < -0.39 is 0 Å². The third kappa shape index (κ3) is 0.572. The molecule has 2 fully saturated rings. The first-order valence-electron chi connectivity index (χ1n) is 3.76. The average molecular weight is 137 g/mol. The lowest BCUT2D eigenvalue weighted by atomic mass is 9.97. The number of hydrogen-bond acceptors (Lipinski definition) is 3. The summed E-state index contributed by atoms with van der Waals surface area (Å²) >= 11 is 0. The van der Waals surface area contributed by atoms with Gasteiger partial charge in [-0.15, -0.1) is 0 Å². The molecule has 1 unspecified atom stereocenters. The lowest BCUT2D eigenvalue weighted by Gasteiger charge is -2.15. The first-order chi connectivity index (χ1) is 4.83. The Kier molecular flexibility index (Phi) is 1.12. The van der Waals surface area contributed by atoms with Gasteiger partial charge in [0, 0.05) is 12.1 Å². The van der Waals surface area contributed by atoms with Gasteiger partial charge in [-0.25, -0.2) is 0 Å². The number of nitriles is 1. The number of rotatable bonds is 0. The third-order valence-electron chi connectivity index (χ3n) is 2.70. The van der Waals surface area contributed by atoms with Crippen molar-refractivity contribution in [3.63, 3.8) is 0 Å². The standard InChI is InChI=1S/C7H11N3/c8-4-10-5-1-2-7(10)6(9)3-5/h5-7H,1-3,9H2/t5-,6?,7+/m0/s1. The summed E-state index contributed by atoms with van der Waals surface area (Å²) in [5.41, 5.74) is 5.79. The smallest absolute Gasteiger partial charge is 0.179 e. The summed E-state index contributed by atoms with van der Waals surface area (Å²) in [5, 5.41) is 8.68. The largest absolute Gasteiger partial charge is 0.326 e. The molecular formula is C7H11N3. The molecule has 0 aromatic heterocycles. The molecule has 2 heterocycles. The van der Waals surface area contributed by atoms with Crippen molar-refractivity contribution < 1.29 is 0 Å². The first kappa shape index (κ1) is 5.99. The molecule has 0 amide bonds. The van der Waals surface area contributed by atoms with E-state index >= 15 is 0 Å². The van der Waals surface area contributed by atoms with Crippen molar-refractivity contribution in [2.45, 2.75) is 37.4 Å². The maximum Gasteiger partial charge on any atom is 0.179 e. The highest BCUT2D eigenvalue weighted by Gasteiger charge is 2.44. The predicted molar refractivity (Wildman–Crippen MR) is 36.9 cm³/mol. The van der Waals surface area contributed by atoms with E-state index in [0.29, 0.717) is 12.1 Å². The fourth-order valence-corrected chi connectivity index (χ4v) is 2.19. The van der Waals surface area contributed by atoms with Crippen LogP contribution in [0.25, 0.3) is 0 Å². The van der Waals surface area contributed by atoms with Crippen molar-refractivity contribution in [3.05, 3.63) is 0 Å². The Hall–Kier alpha value is -0.750. The van der Waals surface area contributed by atoms with Gasteiger partial charge in [-0.1, -0.05) is 0 Å². The van der Waals surface area contributed by atoms with Gasteiger partial charge in [0.25, 0.3) is 0 Å². The molecule has 3 atom stereocenters. The van der Waals surface area contributed by atoms with Gasteiger partial charge in [0.15, 0.2) is 6.19 Å². The summed E-state index contributed by atoms with van der Waals surface area (Å²) < 4.78 is 0. The molecule has 2 bridgehead atoms. The van der Waals surface area contributed by atoms with E-state index in [1.165, 1.54) is 6.42 Å². The normalized spacial score (nSPS) is 44.0. The van der Waals surface area contributed by atoms with Crippen molar-refractivity contribution >= 4 is 0 Å². The Morgan fingerprint density at radius 3 is 2.60 bits per heavy atom. The van der Waals surface area contributed by atoms with Crippen LogP contribution >= 0.6 is 0 Å². The molecular weight excluding hydrogens is 126 g/mol. The van der Waals surface area contributed by atoms with Crippen molar-refractivity contribution in [2.75, 3.05) is 0 Å². The van der Waals surface area contributed by atoms with Gasteiger partial charge in [0.2, 0.25) is 0 Å².